The number of carbonyl (C=O) groups excluding carboxylic acids is 1. The first-order valence-electron chi connectivity index (χ1n) is 8.45. The Hall–Kier alpha value is -2.54. The summed E-state index contributed by atoms with van der Waals surface area (Å²) in [6, 6.07) is 10.5. The number of halogens is 3. The molecule has 0 aliphatic rings. The number of ether oxygens (including phenoxy) is 1. The molecule has 0 saturated carbocycles. The van der Waals surface area contributed by atoms with Crippen molar-refractivity contribution in [2.75, 3.05) is 13.7 Å². The minimum absolute atomic E-state index is 0.147. The first-order chi connectivity index (χ1) is 12.6. The van der Waals surface area contributed by atoms with Crippen LogP contribution in [0.15, 0.2) is 36.4 Å². The second-order valence-corrected chi connectivity index (χ2v) is 6.52. The fourth-order valence-corrected chi connectivity index (χ4v) is 2.86. The number of aryl methyl sites for hydroxylation is 2. The van der Waals surface area contributed by atoms with Crippen LogP contribution in [0.5, 0.6) is 5.75 Å². The Morgan fingerprint density at radius 2 is 1.63 bits per heavy atom. The van der Waals surface area contributed by atoms with Crippen LogP contribution in [-0.2, 0) is 13.1 Å². The van der Waals surface area contributed by atoms with E-state index in [9.17, 15) is 18.0 Å². The van der Waals surface area contributed by atoms with E-state index < -0.39 is 12.8 Å². The van der Waals surface area contributed by atoms with E-state index >= 15 is 0 Å². The van der Waals surface area contributed by atoms with Crippen LogP contribution < -0.4 is 10.5 Å². The monoisotopic (exact) mass is 380 g/mol. The molecule has 2 aromatic rings. The minimum atomic E-state index is -4.39. The molecule has 0 spiro atoms. The summed E-state index contributed by atoms with van der Waals surface area (Å²) in [5.74, 6) is 0.0775. The summed E-state index contributed by atoms with van der Waals surface area (Å²) in [5.41, 5.74) is 9.06. The van der Waals surface area contributed by atoms with Gasteiger partial charge in [0.05, 0.1) is 0 Å². The number of rotatable bonds is 6. The molecule has 0 fully saturated rings. The highest BCUT2D eigenvalue weighted by atomic mass is 19.4. The maximum Gasteiger partial charge on any atom is 0.422 e. The van der Waals surface area contributed by atoms with Crippen molar-refractivity contribution in [1.82, 2.24) is 4.90 Å². The Morgan fingerprint density at radius 1 is 1.07 bits per heavy atom. The van der Waals surface area contributed by atoms with Crippen molar-refractivity contribution in [3.05, 3.63) is 64.2 Å². The molecular weight excluding hydrogens is 357 g/mol. The molecule has 0 atom stereocenters. The van der Waals surface area contributed by atoms with Crippen LogP contribution in [-0.4, -0.2) is 30.6 Å². The molecule has 4 nitrogen and oxygen atoms in total. The molecule has 7 heteroatoms. The number of hydrogen-bond acceptors (Lipinski definition) is 3. The van der Waals surface area contributed by atoms with Crippen molar-refractivity contribution in [2.45, 2.75) is 33.1 Å². The van der Waals surface area contributed by atoms with Gasteiger partial charge in [-0.1, -0.05) is 24.3 Å². The second kappa shape index (κ2) is 8.43. The molecule has 0 bridgehead atoms. The van der Waals surface area contributed by atoms with Crippen molar-refractivity contribution in [2.24, 2.45) is 5.73 Å². The van der Waals surface area contributed by atoms with Gasteiger partial charge >= 0.3 is 6.18 Å². The summed E-state index contributed by atoms with van der Waals surface area (Å²) in [6.07, 6.45) is -4.39. The molecule has 0 saturated heterocycles. The third-order valence-corrected chi connectivity index (χ3v) is 4.10. The second-order valence-electron chi connectivity index (χ2n) is 6.52. The maximum atomic E-state index is 12.5. The summed E-state index contributed by atoms with van der Waals surface area (Å²) in [5, 5.41) is 0. The molecule has 27 heavy (non-hydrogen) atoms. The van der Waals surface area contributed by atoms with E-state index in [0.717, 1.165) is 11.1 Å². The lowest BCUT2D eigenvalue weighted by Crippen LogP contribution is -2.26. The number of nitrogens with zero attached hydrogens (tertiary/aromatic N) is 1. The summed E-state index contributed by atoms with van der Waals surface area (Å²) >= 11 is 0. The molecule has 0 aromatic heterocycles. The van der Waals surface area contributed by atoms with Gasteiger partial charge in [-0.15, -0.1) is 0 Å². The molecule has 2 rings (SSSR count). The quantitative estimate of drug-likeness (QED) is 0.825. The van der Waals surface area contributed by atoms with Crippen molar-refractivity contribution >= 4 is 5.91 Å². The van der Waals surface area contributed by atoms with Crippen molar-refractivity contribution in [1.29, 1.82) is 0 Å². The van der Waals surface area contributed by atoms with E-state index in [-0.39, 0.29) is 11.7 Å². The highest BCUT2D eigenvalue weighted by Gasteiger charge is 2.29. The SMILES string of the molecule is Cc1cc(CN(C)C(=O)c2ccc(CN)cc2)cc(C)c1OCC(F)(F)F. The fourth-order valence-electron chi connectivity index (χ4n) is 2.86. The van der Waals surface area contributed by atoms with Crippen molar-refractivity contribution < 1.29 is 22.7 Å². The minimum Gasteiger partial charge on any atom is -0.484 e. The number of amides is 1. The molecule has 0 radical (unpaired) electrons. The standard InChI is InChI=1S/C20H23F3N2O2/c1-13-8-16(9-14(2)18(13)27-12-20(21,22)23)11-25(3)19(26)17-6-4-15(10-24)5-7-17/h4-9H,10-12,24H2,1-3H3. The van der Waals surface area contributed by atoms with E-state index in [1.54, 1.807) is 50.1 Å². The maximum absolute atomic E-state index is 12.5. The Labute approximate surface area is 156 Å². The van der Waals surface area contributed by atoms with E-state index in [1.807, 2.05) is 12.1 Å². The number of alkyl halides is 3. The van der Waals surface area contributed by atoms with Crippen LogP contribution in [0.2, 0.25) is 0 Å². The molecule has 2 aromatic carbocycles. The summed E-state index contributed by atoms with van der Waals surface area (Å²) < 4.78 is 42.0. The Bertz CT molecular complexity index is 779. The predicted molar refractivity (Wildman–Crippen MR) is 97.6 cm³/mol. The third-order valence-electron chi connectivity index (χ3n) is 4.10. The Kier molecular flexibility index (Phi) is 6.49. The summed E-state index contributed by atoms with van der Waals surface area (Å²) in [4.78, 5) is 14.1. The van der Waals surface area contributed by atoms with Crippen LogP contribution in [0.25, 0.3) is 0 Å². The zero-order valence-corrected chi connectivity index (χ0v) is 15.6. The lowest BCUT2D eigenvalue weighted by molar-refractivity contribution is -0.153. The van der Waals surface area contributed by atoms with Crippen LogP contribution in [0.1, 0.15) is 32.6 Å². The van der Waals surface area contributed by atoms with Crippen LogP contribution in [0.3, 0.4) is 0 Å². The largest absolute Gasteiger partial charge is 0.484 e. The average Bonchev–Trinajstić information content (AvgIpc) is 2.59. The molecule has 0 aliphatic heterocycles. The molecule has 2 N–H and O–H groups in total. The first-order valence-corrected chi connectivity index (χ1v) is 8.45. The zero-order chi connectivity index (χ0) is 20.2. The van der Waals surface area contributed by atoms with Gasteiger partial charge in [0.2, 0.25) is 0 Å². The van der Waals surface area contributed by atoms with Crippen molar-refractivity contribution in [3.63, 3.8) is 0 Å². The van der Waals surface area contributed by atoms with Gasteiger partial charge in [0.1, 0.15) is 5.75 Å². The molecule has 0 aliphatic carbocycles. The van der Waals surface area contributed by atoms with Crippen LogP contribution in [0.4, 0.5) is 13.2 Å². The number of benzene rings is 2. The van der Waals surface area contributed by atoms with E-state index in [0.29, 0.717) is 29.8 Å². The van der Waals surface area contributed by atoms with Gasteiger partial charge in [0, 0.05) is 25.7 Å². The van der Waals surface area contributed by atoms with Gasteiger partial charge in [-0.25, -0.2) is 0 Å². The van der Waals surface area contributed by atoms with Gasteiger partial charge < -0.3 is 15.4 Å². The third kappa shape index (κ3) is 5.72. The van der Waals surface area contributed by atoms with Gasteiger partial charge in [0.15, 0.2) is 6.61 Å². The van der Waals surface area contributed by atoms with Crippen LogP contribution in [0, 0.1) is 13.8 Å². The highest BCUT2D eigenvalue weighted by molar-refractivity contribution is 5.94. The topological polar surface area (TPSA) is 55.6 Å². The van der Waals surface area contributed by atoms with Gasteiger partial charge in [-0.2, -0.15) is 13.2 Å². The van der Waals surface area contributed by atoms with Crippen molar-refractivity contribution in [3.8, 4) is 5.75 Å². The number of hydrogen-bond donors (Lipinski definition) is 1. The van der Waals surface area contributed by atoms with Crippen LogP contribution >= 0.6 is 0 Å². The summed E-state index contributed by atoms with van der Waals surface area (Å²) in [6.45, 7) is 2.79. The molecule has 146 valence electrons. The van der Waals surface area contributed by atoms with Gasteiger partial charge in [0.25, 0.3) is 5.91 Å². The normalized spacial score (nSPS) is 11.4. The van der Waals surface area contributed by atoms with E-state index in [4.69, 9.17) is 10.5 Å². The Balaban J connectivity index is 2.10. The van der Waals surface area contributed by atoms with Gasteiger partial charge in [-0.3, -0.25) is 4.79 Å². The molecular formula is C20H23F3N2O2. The van der Waals surface area contributed by atoms with E-state index in [1.165, 1.54) is 0 Å². The average molecular weight is 380 g/mol. The summed E-state index contributed by atoms with van der Waals surface area (Å²) in [7, 11) is 1.68. The van der Waals surface area contributed by atoms with Gasteiger partial charge in [-0.05, 0) is 48.2 Å². The smallest absolute Gasteiger partial charge is 0.422 e. The number of carbonyl (C=O) groups is 1. The molecule has 1 amide bonds. The lowest BCUT2D eigenvalue weighted by atomic mass is 10.0. The number of nitrogens with two attached hydrogens (primary N) is 1. The highest BCUT2D eigenvalue weighted by Crippen LogP contribution is 2.27. The zero-order valence-electron chi connectivity index (χ0n) is 15.6. The predicted octanol–water partition coefficient (Wildman–Crippen LogP) is 3.98. The lowest BCUT2D eigenvalue weighted by Gasteiger charge is -2.20. The van der Waals surface area contributed by atoms with E-state index in [2.05, 4.69) is 0 Å². The fraction of sp³-hybridized carbons (Fsp3) is 0.350. The first kappa shape index (κ1) is 20.8. The molecule has 0 heterocycles. The molecule has 0 unspecified atom stereocenters. The Morgan fingerprint density at radius 3 is 2.11 bits per heavy atom.